The standard InChI is InChI=1S/C25H26N4O5S/c1-19-6-12-24(13-7-19)35(33,34)26(2)21-10-8-20(9-11-21)25(30)28-16-14-27(15-17-28)22-4-3-5-23(18-22)29(31)32/h3-13,18H,14-17H2,1-2H3. The van der Waals surface area contributed by atoms with E-state index in [0.29, 0.717) is 37.4 Å². The van der Waals surface area contributed by atoms with Crippen molar-refractivity contribution >= 4 is 33.0 Å². The van der Waals surface area contributed by atoms with Crippen molar-refractivity contribution in [2.45, 2.75) is 11.8 Å². The minimum Gasteiger partial charge on any atom is -0.368 e. The van der Waals surface area contributed by atoms with Crippen molar-refractivity contribution in [1.29, 1.82) is 0 Å². The Balaban J connectivity index is 1.41. The molecule has 1 heterocycles. The number of piperazine rings is 1. The first kappa shape index (κ1) is 24.2. The second-order valence-electron chi connectivity index (χ2n) is 8.39. The summed E-state index contributed by atoms with van der Waals surface area (Å²) in [5, 5.41) is 11.0. The molecule has 0 atom stereocenters. The number of nitro groups is 1. The minimum atomic E-state index is -3.71. The van der Waals surface area contributed by atoms with Gasteiger partial charge in [-0.3, -0.25) is 19.2 Å². The van der Waals surface area contributed by atoms with Crippen LogP contribution in [0.5, 0.6) is 0 Å². The Morgan fingerprint density at radius 1 is 0.943 bits per heavy atom. The van der Waals surface area contributed by atoms with Crippen LogP contribution in [0.15, 0.2) is 77.7 Å². The van der Waals surface area contributed by atoms with E-state index in [0.717, 1.165) is 11.3 Å². The Labute approximate surface area is 204 Å². The number of hydrogen-bond acceptors (Lipinski definition) is 6. The molecule has 4 rings (SSSR count). The molecule has 0 unspecified atom stereocenters. The third-order valence-electron chi connectivity index (χ3n) is 6.13. The van der Waals surface area contributed by atoms with Gasteiger partial charge in [0.1, 0.15) is 0 Å². The number of benzene rings is 3. The smallest absolute Gasteiger partial charge is 0.271 e. The zero-order valence-electron chi connectivity index (χ0n) is 19.5. The van der Waals surface area contributed by atoms with Gasteiger partial charge in [-0.25, -0.2) is 8.42 Å². The van der Waals surface area contributed by atoms with Crippen molar-refractivity contribution < 1.29 is 18.1 Å². The fraction of sp³-hybridized carbons (Fsp3) is 0.240. The number of sulfonamides is 1. The quantitative estimate of drug-likeness (QED) is 0.382. The maximum atomic E-state index is 13.0. The van der Waals surface area contributed by atoms with Gasteiger partial charge in [0.2, 0.25) is 0 Å². The molecule has 3 aromatic rings. The summed E-state index contributed by atoms with van der Waals surface area (Å²) in [5.41, 5.74) is 2.70. The van der Waals surface area contributed by atoms with Crippen molar-refractivity contribution in [3.63, 3.8) is 0 Å². The van der Waals surface area contributed by atoms with Gasteiger partial charge in [0, 0.05) is 56.6 Å². The number of non-ortho nitro benzene ring substituents is 1. The second-order valence-corrected chi connectivity index (χ2v) is 10.4. The van der Waals surface area contributed by atoms with Crippen molar-refractivity contribution in [3.05, 3.63) is 94.0 Å². The summed E-state index contributed by atoms with van der Waals surface area (Å²) in [4.78, 5) is 27.6. The first-order valence-corrected chi connectivity index (χ1v) is 12.6. The van der Waals surface area contributed by atoms with Crippen molar-refractivity contribution in [2.75, 3.05) is 42.4 Å². The molecule has 1 aliphatic rings. The van der Waals surface area contributed by atoms with E-state index in [1.165, 1.54) is 23.5 Å². The zero-order valence-corrected chi connectivity index (χ0v) is 20.3. The summed E-state index contributed by atoms with van der Waals surface area (Å²) >= 11 is 0. The van der Waals surface area contributed by atoms with Gasteiger partial charge in [-0.2, -0.15) is 0 Å². The molecule has 1 amide bonds. The van der Waals surface area contributed by atoms with Crippen LogP contribution in [0.1, 0.15) is 15.9 Å². The average molecular weight is 495 g/mol. The van der Waals surface area contributed by atoms with Crippen LogP contribution in [-0.2, 0) is 10.0 Å². The Kier molecular flexibility index (Phi) is 6.74. The Hall–Kier alpha value is -3.92. The fourth-order valence-corrected chi connectivity index (χ4v) is 5.17. The van der Waals surface area contributed by atoms with Gasteiger partial charge in [0.05, 0.1) is 15.5 Å². The lowest BCUT2D eigenvalue weighted by Gasteiger charge is -2.36. The van der Waals surface area contributed by atoms with E-state index in [4.69, 9.17) is 0 Å². The van der Waals surface area contributed by atoms with Crippen LogP contribution in [0.3, 0.4) is 0 Å². The van der Waals surface area contributed by atoms with E-state index >= 15 is 0 Å². The maximum Gasteiger partial charge on any atom is 0.271 e. The molecule has 182 valence electrons. The second kappa shape index (κ2) is 9.75. The first-order chi connectivity index (χ1) is 16.7. The Morgan fingerprint density at radius 3 is 2.17 bits per heavy atom. The van der Waals surface area contributed by atoms with Crippen LogP contribution < -0.4 is 9.21 Å². The number of carbonyl (C=O) groups is 1. The van der Waals surface area contributed by atoms with Gasteiger partial charge in [-0.05, 0) is 49.4 Å². The average Bonchev–Trinajstić information content (AvgIpc) is 2.88. The number of hydrogen-bond donors (Lipinski definition) is 0. The SMILES string of the molecule is Cc1ccc(S(=O)(=O)N(C)c2ccc(C(=O)N3CCN(c4cccc([N+](=O)[O-])c4)CC3)cc2)cc1. The molecule has 9 nitrogen and oxygen atoms in total. The highest BCUT2D eigenvalue weighted by Crippen LogP contribution is 2.25. The summed E-state index contributed by atoms with van der Waals surface area (Å²) in [5.74, 6) is -0.140. The van der Waals surface area contributed by atoms with E-state index in [1.807, 2.05) is 17.9 Å². The van der Waals surface area contributed by atoms with E-state index < -0.39 is 14.9 Å². The molecule has 1 fully saturated rings. The molecule has 0 aliphatic carbocycles. The minimum absolute atomic E-state index is 0.0375. The Bertz CT molecular complexity index is 1330. The number of nitrogens with zero attached hydrogens (tertiary/aromatic N) is 4. The predicted octanol–water partition coefficient (Wildman–Crippen LogP) is 3.69. The third-order valence-corrected chi connectivity index (χ3v) is 7.93. The normalized spacial score (nSPS) is 14.0. The van der Waals surface area contributed by atoms with Gasteiger partial charge < -0.3 is 9.80 Å². The molecule has 10 heteroatoms. The molecule has 0 bridgehead atoms. The van der Waals surface area contributed by atoms with Crippen LogP contribution in [0.4, 0.5) is 17.1 Å². The molecule has 0 saturated carbocycles. The molecular formula is C25H26N4O5S. The molecule has 1 saturated heterocycles. The van der Waals surface area contributed by atoms with Gasteiger partial charge in [-0.1, -0.05) is 23.8 Å². The van der Waals surface area contributed by atoms with Gasteiger partial charge in [0.15, 0.2) is 0 Å². The van der Waals surface area contributed by atoms with Gasteiger partial charge >= 0.3 is 0 Å². The predicted molar refractivity (Wildman–Crippen MR) is 134 cm³/mol. The van der Waals surface area contributed by atoms with Crippen molar-refractivity contribution in [1.82, 2.24) is 4.90 Å². The van der Waals surface area contributed by atoms with E-state index in [1.54, 1.807) is 59.5 Å². The highest BCUT2D eigenvalue weighted by molar-refractivity contribution is 7.92. The van der Waals surface area contributed by atoms with Crippen LogP contribution in [0, 0.1) is 17.0 Å². The van der Waals surface area contributed by atoms with E-state index in [-0.39, 0.29) is 16.5 Å². The van der Waals surface area contributed by atoms with E-state index in [9.17, 15) is 23.3 Å². The third kappa shape index (κ3) is 5.12. The lowest BCUT2D eigenvalue weighted by atomic mass is 10.1. The molecule has 0 radical (unpaired) electrons. The van der Waals surface area contributed by atoms with Crippen molar-refractivity contribution in [3.8, 4) is 0 Å². The summed E-state index contributed by atoms with van der Waals surface area (Å²) in [7, 11) is -2.23. The van der Waals surface area contributed by atoms with Gasteiger partial charge in [0.25, 0.3) is 21.6 Å². The fourth-order valence-electron chi connectivity index (χ4n) is 3.97. The largest absolute Gasteiger partial charge is 0.368 e. The number of carbonyl (C=O) groups excluding carboxylic acids is 1. The first-order valence-electron chi connectivity index (χ1n) is 11.1. The summed E-state index contributed by atoms with van der Waals surface area (Å²) in [6, 6.07) is 19.6. The number of nitro benzene ring substituents is 1. The zero-order chi connectivity index (χ0) is 25.2. The van der Waals surface area contributed by atoms with Crippen LogP contribution in [0.2, 0.25) is 0 Å². The van der Waals surface area contributed by atoms with Crippen LogP contribution in [0.25, 0.3) is 0 Å². The molecule has 1 aliphatic heterocycles. The van der Waals surface area contributed by atoms with Crippen LogP contribution >= 0.6 is 0 Å². The highest BCUT2D eigenvalue weighted by Gasteiger charge is 2.25. The number of rotatable bonds is 6. The summed E-state index contributed by atoms with van der Waals surface area (Å²) < 4.78 is 27.0. The number of anilines is 2. The maximum absolute atomic E-state index is 13.0. The monoisotopic (exact) mass is 494 g/mol. The molecular weight excluding hydrogens is 468 g/mol. The molecule has 0 aromatic heterocycles. The molecule has 0 N–H and O–H groups in total. The van der Waals surface area contributed by atoms with Crippen LogP contribution in [-0.4, -0.2) is 57.4 Å². The highest BCUT2D eigenvalue weighted by atomic mass is 32.2. The molecule has 3 aromatic carbocycles. The number of aryl methyl sites for hydroxylation is 1. The topological polar surface area (TPSA) is 104 Å². The summed E-state index contributed by atoms with van der Waals surface area (Å²) in [6.07, 6.45) is 0. The lowest BCUT2D eigenvalue weighted by molar-refractivity contribution is -0.384. The van der Waals surface area contributed by atoms with Crippen molar-refractivity contribution in [2.24, 2.45) is 0 Å². The Morgan fingerprint density at radius 2 is 1.57 bits per heavy atom. The lowest BCUT2D eigenvalue weighted by Crippen LogP contribution is -2.48. The summed E-state index contributed by atoms with van der Waals surface area (Å²) in [6.45, 7) is 3.96. The molecule has 35 heavy (non-hydrogen) atoms. The van der Waals surface area contributed by atoms with E-state index in [2.05, 4.69) is 0 Å². The molecule has 0 spiro atoms. The number of amides is 1. The van der Waals surface area contributed by atoms with Gasteiger partial charge in [-0.15, -0.1) is 0 Å².